The van der Waals surface area contributed by atoms with Crippen molar-refractivity contribution >= 4 is 11.5 Å². The van der Waals surface area contributed by atoms with Crippen molar-refractivity contribution in [2.45, 2.75) is 19.4 Å². The first-order valence-corrected chi connectivity index (χ1v) is 8.52. The molecule has 0 aliphatic carbocycles. The van der Waals surface area contributed by atoms with Crippen LogP contribution in [-0.4, -0.2) is 19.6 Å². The van der Waals surface area contributed by atoms with Crippen LogP contribution in [0.5, 0.6) is 0 Å². The number of halogens is 1. The minimum absolute atomic E-state index is 0.0968. The largest absolute Gasteiger partial charge is 0.363 e. The van der Waals surface area contributed by atoms with Crippen LogP contribution in [0.25, 0.3) is 16.9 Å². The molecule has 3 heterocycles. The van der Waals surface area contributed by atoms with Crippen LogP contribution in [0.3, 0.4) is 0 Å². The van der Waals surface area contributed by atoms with E-state index in [4.69, 9.17) is 0 Å². The number of benzene rings is 1. The lowest BCUT2D eigenvalue weighted by atomic mass is 10.1. The van der Waals surface area contributed by atoms with Gasteiger partial charge in [-0.25, -0.2) is 9.37 Å². The number of rotatable bonds is 5. The molecule has 130 valence electrons. The fourth-order valence-electron chi connectivity index (χ4n) is 2.97. The van der Waals surface area contributed by atoms with Gasteiger partial charge in [-0.05, 0) is 42.3 Å². The van der Waals surface area contributed by atoms with Gasteiger partial charge in [-0.3, -0.25) is 4.98 Å². The van der Waals surface area contributed by atoms with Crippen LogP contribution < -0.4 is 5.32 Å². The van der Waals surface area contributed by atoms with Gasteiger partial charge in [-0.1, -0.05) is 13.0 Å². The summed E-state index contributed by atoms with van der Waals surface area (Å²) in [6.07, 6.45) is 6.24. The smallest absolute Gasteiger partial charge is 0.157 e. The van der Waals surface area contributed by atoms with Crippen molar-refractivity contribution in [3.8, 4) is 11.3 Å². The van der Waals surface area contributed by atoms with Gasteiger partial charge in [-0.15, -0.1) is 0 Å². The molecule has 5 nitrogen and oxygen atoms in total. The lowest BCUT2D eigenvalue weighted by Gasteiger charge is -2.19. The van der Waals surface area contributed by atoms with E-state index in [1.165, 1.54) is 12.1 Å². The zero-order valence-electron chi connectivity index (χ0n) is 14.3. The summed E-state index contributed by atoms with van der Waals surface area (Å²) in [4.78, 5) is 8.84. The molecule has 0 unspecified atom stereocenters. The predicted octanol–water partition coefficient (Wildman–Crippen LogP) is 4.49. The van der Waals surface area contributed by atoms with Crippen molar-refractivity contribution < 1.29 is 4.39 Å². The SMILES string of the molecule is CC[C@H](Nc1cc(-c2ccc(F)cc2)nc2ccnn12)c1cccnc1. The molecule has 0 saturated heterocycles. The van der Waals surface area contributed by atoms with Crippen molar-refractivity contribution in [3.05, 3.63) is 78.5 Å². The van der Waals surface area contributed by atoms with Crippen molar-refractivity contribution in [2.75, 3.05) is 5.32 Å². The second kappa shape index (κ2) is 6.92. The van der Waals surface area contributed by atoms with E-state index in [1.807, 2.05) is 24.4 Å². The maximum atomic E-state index is 13.2. The number of fused-ring (bicyclic) bond motifs is 1. The van der Waals surface area contributed by atoms with Gasteiger partial charge in [0.1, 0.15) is 11.6 Å². The quantitative estimate of drug-likeness (QED) is 0.578. The fourth-order valence-corrected chi connectivity index (χ4v) is 2.97. The second-order valence-electron chi connectivity index (χ2n) is 6.03. The molecule has 0 amide bonds. The molecule has 1 N–H and O–H groups in total. The minimum atomic E-state index is -0.264. The summed E-state index contributed by atoms with van der Waals surface area (Å²) in [6, 6.07) is 14.2. The molecule has 0 radical (unpaired) electrons. The van der Waals surface area contributed by atoms with E-state index in [-0.39, 0.29) is 11.9 Å². The fraction of sp³-hybridized carbons (Fsp3) is 0.150. The Morgan fingerprint density at radius 3 is 2.69 bits per heavy atom. The van der Waals surface area contributed by atoms with E-state index < -0.39 is 0 Å². The Kier molecular flexibility index (Phi) is 4.31. The standard InChI is InChI=1S/C20H18FN5/c1-2-17(15-4-3-10-22-13-15)24-20-12-18(14-5-7-16(21)8-6-14)25-19-9-11-23-26(19)20/h3-13,17,24H,2H2,1H3/t17-/m0/s1. The van der Waals surface area contributed by atoms with Gasteiger partial charge in [-0.2, -0.15) is 9.61 Å². The third-order valence-corrected chi connectivity index (χ3v) is 4.32. The topological polar surface area (TPSA) is 55.1 Å². The minimum Gasteiger partial charge on any atom is -0.363 e. The monoisotopic (exact) mass is 347 g/mol. The average Bonchev–Trinajstić information content (AvgIpc) is 3.16. The van der Waals surface area contributed by atoms with E-state index in [2.05, 4.69) is 33.4 Å². The van der Waals surface area contributed by atoms with Gasteiger partial charge in [0.25, 0.3) is 0 Å². The molecule has 26 heavy (non-hydrogen) atoms. The second-order valence-corrected chi connectivity index (χ2v) is 6.03. The van der Waals surface area contributed by atoms with Crippen LogP contribution in [0.2, 0.25) is 0 Å². The zero-order valence-corrected chi connectivity index (χ0v) is 14.3. The molecule has 6 heteroatoms. The van der Waals surface area contributed by atoms with Crippen molar-refractivity contribution in [2.24, 2.45) is 0 Å². The van der Waals surface area contributed by atoms with Crippen LogP contribution in [-0.2, 0) is 0 Å². The summed E-state index contributed by atoms with van der Waals surface area (Å²) in [6.45, 7) is 2.12. The maximum Gasteiger partial charge on any atom is 0.157 e. The highest BCUT2D eigenvalue weighted by atomic mass is 19.1. The Balaban J connectivity index is 1.76. The van der Waals surface area contributed by atoms with Gasteiger partial charge in [0, 0.05) is 30.1 Å². The number of hydrogen-bond donors (Lipinski definition) is 1. The Morgan fingerprint density at radius 1 is 1.12 bits per heavy atom. The number of aromatic nitrogens is 4. The number of nitrogens with zero attached hydrogens (tertiary/aromatic N) is 4. The van der Waals surface area contributed by atoms with Crippen LogP contribution in [0.1, 0.15) is 24.9 Å². The van der Waals surface area contributed by atoms with Crippen LogP contribution in [0.15, 0.2) is 67.1 Å². The number of nitrogens with one attached hydrogen (secondary N) is 1. The summed E-state index contributed by atoms with van der Waals surface area (Å²) < 4.78 is 15.0. The molecule has 1 atom stereocenters. The molecular weight excluding hydrogens is 329 g/mol. The Hall–Kier alpha value is -3.28. The molecule has 0 saturated carbocycles. The summed E-state index contributed by atoms with van der Waals surface area (Å²) in [5.41, 5.74) is 3.46. The molecule has 0 aliphatic heterocycles. The highest BCUT2D eigenvalue weighted by molar-refractivity contribution is 5.66. The summed E-state index contributed by atoms with van der Waals surface area (Å²) in [5, 5.41) is 7.91. The van der Waals surface area contributed by atoms with Crippen LogP contribution >= 0.6 is 0 Å². The molecule has 4 aromatic rings. The van der Waals surface area contributed by atoms with Gasteiger partial charge >= 0.3 is 0 Å². The average molecular weight is 347 g/mol. The zero-order chi connectivity index (χ0) is 17.9. The summed E-state index contributed by atoms with van der Waals surface area (Å²) >= 11 is 0. The lowest BCUT2D eigenvalue weighted by molar-refractivity contribution is 0.628. The maximum absolute atomic E-state index is 13.2. The molecular formula is C20H18FN5. The first-order chi connectivity index (χ1) is 12.7. The first kappa shape index (κ1) is 16.2. The Labute approximate surface area is 150 Å². The number of pyridine rings is 1. The molecule has 1 aromatic carbocycles. The molecule has 0 fully saturated rings. The molecule has 0 bridgehead atoms. The van der Waals surface area contributed by atoms with Crippen molar-refractivity contribution in [3.63, 3.8) is 0 Å². The molecule has 0 spiro atoms. The summed E-state index contributed by atoms with van der Waals surface area (Å²) in [5.74, 6) is 0.565. The van der Waals surface area contributed by atoms with E-state index in [1.54, 1.807) is 29.0 Å². The van der Waals surface area contributed by atoms with E-state index in [9.17, 15) is 4.39 Å². The van der Waals surface area contributed by atoms with Gasteiger partial charge in [0.05, 0.1) is 17.9 Å². The number of anilines is 1. The van der Waals surface area contributed by atoms with Crippen LogP contribution in [0, 0.1) is 5.82 Å². The van der Waals surface area contributed by atoms with E-state index >= 15 is 0 Å². The third kappa shape index (κ3) is 3.13. The Morgan fingerprint density at radius 2 is 1.96 bits per heavy atom. The molecule has 0 aliphatic rings. The lowest BCUT2D eigenvalue weighted by Crippen LogP contribution is -2.13. The van der Waals surface area contributed by atoms with E-state index in [0.717, 1.165) is 34.7 Å². The van der Waals surface area contributed by atoms with Gasteiger partial charge < -0.3 is 5.32 Å². The predicted molar refractivity (Wildman–Crippen MR) is 99.3 cm³/mol. The normalized spacial score (nSPS) is 12.2. The molecule has 4 rings (SSSR count). The molecule has 3 aromatic heterocycles. The van der Waals surface area contributed by atoms with Gasteiger partial charge in [0.2, 0.25) is 0 Å². The third-order valence-electron chi connectivity index (χ3n) is 4.32. The van der Waals surface area contributed by atoms with E-state index in [0.29, 0.717) is 0 Å². The van der Waals surface area contributed by atoms with Crippen molar-refractivity contribution in [1.29, 1.82) is 0 Å². The van der Waals surface area contributed by atoms with Gasteiger partial charge in [0.15, 0.2) is 5.65 Å². The highest BCUT2D eigenvalue weighted by Crippen LogP contribution is 2.26. The number of hydrogen-bond acceptors (Lipinski definition) is 4. The first-order valence-electron chi connectivity index (χ1n) is 8.52. The summed E-state index contributed by atoms with van der Waals surface area (Å²) in [7, 11) is 0. The van der Waals surface area contributed by atoms with Crippen molar-refractivity contribution in [1.82, 2.24) is 19.6 Å². The van der Waals surface area contributed by atoms with Crippen LogP contribution in [0.4, 0.5) is 10.2 Å². The Bertz CT molecular complexity index is 1010. The highest BCUT2D eigenvalue weighted by Gasteiger charge is 2.14.